The normalized spacial score (nSPS) is 12.1. The number of carboxylic acid groups (broad SMARTS) is 1. The van der Waals surface area contributed by atoms with Crippen molar-refractivity contribution < 1.29 is 58.5 Å². The maximum atomic E-state index is 12.1. The van der Waals surface area contributed by atoms with E-state index in [9.17, 15) is 19.8 Å². The van der Waals surface area contributed by atoms with E-state index in [1.54, 1.807) is 6.07 Å². The molecule has 158 valence electrons. The van der Waals surface area contributed by atoms with Crippen LogP contribution in [0.1, 0.15) is 36.9 Å². The Bertz CT molecular complexity index is 1110. The Hall–Kier alpha value is -2.32. The summed E-state index contributed by atoms with van der Waals surface area (Å²) in [5.74, 6) is -1.37. The van der Waals surface area contributed by atoms with Crippen molar-refractivity contribution in [1.29, 1.82) is 0 Å². The first-order valence-electron chi connectivity index (χ1n) is 9.48. The fourth-order valence-corrected chi connectivity index (χ4v) is 3.00. The third-order valence-electron chi connectivity index (χ3n) is 4.48. The van der Waals surface area contributed by atoms with Gasteiger partial charge in [0.2, 0.25) is 0 Å². The SMILES string of the molecule is CC(C)(C)c1ccccc1OCC(O)COc1cccc2c(=O)cc(C(=O)[O-])oc12.[Na+]. The van der Waals surface area contributed by atoms with E-state index in [1.807, 2.05) is 24.3 Å². The average molecular weight is 434 g/mol. The number of hydrogen-bond donors (Lipinski definition) is 1. The number of para-hydroxylation sites is 2. The van der Waals surface area contributed by atoms with Crippen molar-refractivity contribution in [3.05, 3.63) is 70.1 Å². The number of hydrogen-bond acceptors (Lipinski definition) is 7. The molecule has 0 aliphatic heterocycles. The van der Waals surface area contributed by atoms with E-state index in [0.29, 0.717) is 5.75 Å². The van der Waals surface area contributed by atoms with E-state index < -0.39 is 23.3 Å². The molecule has 1 atom stereocenters. The van der Waals surface area contributed by atoms with Crippen LogP contribution < -0.4 is 49.6 Å². The van der Waals surface area contributed by atoms with Crippen LogP contribution in [0.3, 0.4) is 0 Å². The molecule has 7 nitrogen and oxygen atoms in total. The van der Waals surface area contributed by atoms with Crippen LogP contribution in [0.4, 0.5) is 0 Å². The van der Waals surface area contributed by atoms with E-state index >= 15 is 0 Å². The molecule has 1 aromatic heterocycles. The zero-order valence-electron chi connectivity index (χ0n) is 18.0. The molecule has 2 aromatic carbocycles. The number of carbonyl (C=O) groups is 1. The van der Waals surface area contributed by atoms with Crippen LogP contribution in [0.2, 0.25) is 0 Å². The molecule has 0 aliphatic carbocycles. The third-order valence-corrected chi connectivity index (χ3v) is 4.48. The Morgan fingerprint density at radius 2 is 1.68 bits per heavy atom. The zero-order chi connectivity index (χ0) is 21.9. The maximum Gasteiger partial charge on any atom is 1.00 e. The first kappa shape index (κ1) is 24.9. The van der Waals surface area contributed by atoms with Crippen LogP contribution in [-0.4, -0.2) is 30.4 Å². The van der Waals surface area contributed by atoms with E-state index in [0.717, 1.165) is 11.6 Å². The van der Waals surface area contributed by atoms with Crippen LogP contribution >= 0.6 is 0 Å². The Morgan fingerprint density at radius 3 is 2.32 bits per heavy atom. The molecule has 8 heteroatoms. The monoisotopic (exact) mass is 434 g/mol. The third kappa shape index (κ3) is 6.11. The zero-order valence-corrected chi connectivity index (χ0v) is 20.0. The van der Waals surface area contributed by atoms with Crippen molar-refractivity contribution in [2.24, 2.45) is 0 Å². The molecular weight excluding hydrogens is 411 g/mol. The molecule has 3 rings (SSSR count). The number of benzene rings is 2. The molecule has 0 fully saturated rings. The summed E-state index contributed by atoms with van der Waals surface area (Å²) in [5, 5.41) is 21.5. The number of fused-ring (bicyclic) bond motifs is 1. The molecule has 0 aliphatic rings. The molecule has 0 saturated heterocycles. The Labute approximate surface area is 201 Å². The maximum absolute atomic E-state index is 12.1. The van der Waals surface area contributed by atoms with Gasteiger partial charge in [0.25, 0.3) is 0 Å². The van der Waals surface area contributed by atoms with Gasteiger partial charge >= 0.3 is 29.6 Å². The number of aromatic carboxylic acids is 1. The van der Waals surface area contributed by atoms with Gasteiger partial charge in [-0.2, -0.15) is 0 Å². The van der Waals surface area contributed by atoms with Gasteiger partial charge in [0.1, 0.15) is 31.0 Å². The molecule has 1 N–H and O–H groups in total. The molecular formula is C23H23NaO7. The van der Waals surface area contributed by atoms with Crippen LogP contribution in [0, 0.1) is 0 Å². The van der Waals surface area contributed by atoms with Gasteiger partial charge in [0.05, 0.1) is 5.39 Å². The minimum atomic E-state index is -1.60. The van der Waals surface area contributed by atoms with Gasteiger partial charge < -0.3 is 28.9 Å². The minimum absolute atomic E-state index is 0. The topological polar surface area (TPSA) is 109 Å². The van der Waals surface area contributed by atoms with E-state index in [1.165, 1.54) is 12.1 Å². The van der Waals surface area contributed by atoms with Crippen molar-refractivity contribution in [1.82, 2.24) is 0 Å². The van der Waals surface area contributed by atoms with Gasteiger partial charge in [-0.3, -0.25) is 4.79 Å². The smallest absolute Gasteiger partial charge is 0.542 e. The second-order valence-electron chi connectivity index (χ2n) is 7.92. The first-order valence-corrected chi connectivity index (χ1v) is 9.48. The summed E-state index contributed by atoms with van der Waals surface area (Å²) in [7, 11) is 0. The molecule has 1 unspecified atom stereocenters. The predicted molar refractivity (Wildman–Crippen MR) is 109 cm³/mol. The molecule has 31 heavy (non-hydrogen) atoms. The molecule has 0 radical (unpaired) electrons. The number of rotatable bonds is 7. The first-order chi connectivity index (χ1) is 14.2. The fraction of sp³-hybridized carbons (Fsp3) is 0.304. The molecule has 3 aromatic rings. The van der Waals surface area contributed by atoms with Gasteiger partial charge in [-0.05, 0) is 29.2 Å². The van der Waals surface area contributed by atoms with Gasteiger partial charge in [-0.1, -0.05) is 45.0 Å². The largest absolute Gasteiger partial charge is 1.00 e. The van der Waals surface area contributed by atoms with Crippen molar-refractivity contribution in [2.75, 3.05) is 13.2 Å². The number of ether oxygens (including phenoxy) is 2. The number of carbonyl (C=O) groups excluding carboxylic acids is 1. The van der Waals surface area contributed by atoms with Crippen molar-refractivity contribution in [3.63, 3.8) is 0 Å². The van der Waals surface area contributed by atoms with E-state index in [4.69, 9.17) is 13.9 Å². The number of carboxylic acids is 1. The van der Waals surface area contributed by atoms with Gasteiger partial charge in [-0.15, -0.1) is 0 Å². The molecule has 0 amide bonds. The second-order valence-corrected chi connectivity index (χ2v) is 7.92. The van der Waals surface area contributed by atoms with Crippen molar-refractivity contribution >= 4 is 16.9 Å². The van der Waals surface area contributed by atoms with Gasteiger partial charge in [0, 0.05) is 6.07 Å². The van der Waals surface area contributed by atoms with Crippen LogP contribution in [0.25, 0.3) is 11.0 Å². The predicted octanol–water partition coefficient (Wildman–Crippen LogP) is -0.723. The minimum Gasteiger partial charge on any atom is -0.542 e. The fourth-order valence-electron chi connectivity index (χ4n) is 3.00. The summed E-state index contributed by atoms with van der Waals surface area (Å²) in [5.41, 5.74) is 0.359. The average Bonchev–Trinajstić information content (AvgIpc) is 2.70. The molecule has 0 spiro atoms. The summed E-state index contributed by atoms with van der Waals surface area (Å²) in [6.07, 6.45) is -0.968. The molecule has 0 bridgehead atoms. The van der Waals surface area contributed by atoms with Crippen molar-refractivity contribution in [3.8, 4) is 11.5 Å². The number of aliphatic hydroxyl groups excluding tert-OH is 1. The standard InChI is InChI=1S/C23H24O7.Na/c1-23(2,3)16-8-4-5-9-18(16)28-12-14(24)13-29-19-10-6-7-15-17(25)11-20(22(26)27)30-21(15)19;/h4-11,14,24H,12-13H2,1-3H3,(H,26,27);/q;+1/p-1. The van der Waals surface area contributed by atoms with Gasteiger partial charge in [0.15, 0.2) is 22.5 Å². The quantitative estimate of drug-likeness (QED) is 0.489. The second kappa shape index (κ2) is 10.3. The Morgan fingerprint density at radius 1 is 1.06 bits per heavy atom. The van der Waals surface area contributed by atoms with Crippen LogP contribution in [0.5, 0.6) is 11.5 Å². The van der Waals surface area contributed by atoms with Crippen LogP contribution in [0.15, 0.2) is 57.7 Å². The van der Waals surface area contributed by atoms with Crippen molar-refractivity contribution in [2.45, 2.75) is 32.3 Å². The summed E-state index contributed by atoms with van der Waals surface area (Å²) in [6, 6.07) is 13.1. The summed E-state index contributed by atoms with van der Waals surface area (Å²) < 4.78 is 16.6. The van der Waals surface area contributed by atoms with Crippen LogP contribution in [-0.2, 0) is 5.41 Å². The van der Waals surface area contributed by atoms with E-state index in [-0.39, 0.29) is 64.9 Å². The number of aliphatic hydroxyl groups is 1. The molecule has 0 saturated carbocycles. The molecule has 1 heterocycles. The Balaban J connectivity index is 0.00000341. The summed E-state index contributed by atoms with van der Waals surface area (Å²) >= 11 is 0. The van der Waals surface area contributed by atoms with E-state index in [2.05, 4.69) is 20.8 Å². The Kier molecular flexibility index (Phi) is 8.31. The summed E-state index contributed by atoms with van der Waals surface area (Å²) in [6.45, 7) is 6.07. The summed E-state index contributed by atoms with van der Waals surface area (Å²) in [4.78, 5) is 23.1. The van der Waals surface area contributed by atoms with Gasteiger partial charge in [-0.25, -0.2) is 0 Å².